The third-order valence-corrected chi connectivity index (χ3v) is 9.52. The van der Waals surface area contributed by atoms with Crippen LogP contribution in [0.4, 0.5) is 0 Å². The molecule has 0 saturated carbocycles. The molecule has 0 aliphatic carbocycles. The molecule has 1 heteroatoms. The Morgan fingerprint density at radius 3 is 1.70 bits per heavy atom. The van der Waals surface area contributed by atoms with E-state index in [1.807, 2.05) is 36.4 Å². The van der Waals surface area contributed by atoms with Crippen LogP contribution in [0.3, 0.4) is 0 Å². The van der Waals surface area contributed by atoms with E-state index >= 15 is 0 Å². The van der Waals surface area contributed by atoms with E-state index in [0.29, 0.717) is 16.7 Å². The van der Waals surface area contributed by atoms with Gasteiger partial charge in [-0.2, -0.15) is 0 Å². The number of rotatable bonds is 3. The summed E-state index contributed by atoms with van der Waals surface area (Å²) >= 11 is 0. The van der Waals surface area contributed by atoms with E-state index in [0.717, 1.165) is 54.6 Å². The molecular formula is C46H28O. The smallest absolute Gasteiger partial charge is 0.136 e. The van der Waals surface area contributed by atoms with E-state index in [-0.39, 0.29) is 29.7 Å². The first-order chi connectivity index (χ1) is 25.4. The maximum atomic E-state index is 8.86. The number of hydrogen-bond acceptors (Lipinski definition) is 1. The highest BCUT2D eigenvalue weighted by Crippen LogP contribution is 2.49. The minimum absolute atomic E-state index is 0.141. The normalized spacial score (nSPS) is 13.3. The summed E-state index contributed by atoms with van der Waals surface area (Å²) < 4.78 is 49.3. The van der Waals surface area contributed by atoms with Gasteiger partial charge < -0.3 is 4.42 Å². The van der Waals surface area contributed by atoms with Crippen molar-refractivity contribution in [2.75, 3.05) is 0 Å². The second kappa shape index (κ2) is 10.2. The largest absolute Gasteiger partial charge is 0.456 e. The van der Waals surface area contributed by atoms with Crippen LogP contribution < -0.4 is 0 Å². The maximum absolute atomic E-state index is 8.86. The Balaban J connectivity index is 1.37. The van der Waals surface area contributed by atoms with Gasteiger partial charge in [0.1, 0.15) is 11.2 Å². The van der Waals surface area contributed by atoms with Crippen molar-refractivity contribution in [1.82, 2.24) is 0 Å². The van der Waals surface area contributed by atoms with Crippen molar-refractivity contribution < 1.29 is 11.3 Å². The Hall–Kier alpha value is -6.18. The Morgan fingerprint density at radius 1 is 0.383 bits per heavy atom. The minimum Gasteiger partial charge on any atom is -0.456 e. The lowest BCUT2D eigenvalue weighted by Gasteiger charge is -2.20. The zero-order valence-corrected chi connectivity index (χ0v) is 25.2. The van der Waals surface area contributed by atoms with Gasteiger partial charge in [0.25, 0.3) is 0 Å². The molecule has 1 nitrogen and oxygen atoms in total. The lowest BCUT2D eigenvalue weighted by Crippen LogP contribution is -1.93. The van der Waals surface area contributed by atoms with Crippen molar-refractivity contribution in [3.63, 3.8) is 0 Å². The van der Waals surface area contributed by atoms with Crippen LogP contribution in [0.25, 0.3) is 98.4 Å². The highest BCUT2D eigenvalue weighted by molar-refractivity contribution is 6.28. The second-order valence-electron chi connectivity index (χ2n) is 12.0. The predicted octanol–water partition coefficient (Wildman–Crippen LogP) is 13.2. The van der Waals surface area contributed by atoms with Gasteiger partial charge in [-0.3, -0.25) is 0 Å². The van der Waals surface area contributed by atoms with E-state index in [1.165, 1.54) is 21.5 Å². The SMILES string of the molecule is [2H]c1c([2H])c([2H])c(-c2cc(-c3c4ccccc4c(-c4cccc5c4ccc4ccccc45)c4ccccc34)c3c(c2)oc2ccccc23)c([2H])c1[2H]. The molecule has 1 aromatic heterocycles. The lowest BCUT2D eigenvalue weighted by atomic mass is 9.83. The molecule has 9 aromatic carbocycles. The summed E-state index contributed by atoms with van der Waals surface area (Å²) in [4.78, 5) is 0. The average Bonchev–Trinajstić information content (AvgIpc) is 3.56. The van der Waals surface area contributed by atoms with E-state index < -0.39 is 6.04 Å². The summed E-state index contributed by atoms with van der Waals surface area (Å²) in [6, 6.07) is 46.5. The van der Waals surface area contributed by atoms with Crippen molar-refractivity contribution in [1.29, 1.82) is 0 Å². The molecule has 0 fully saturated rings. The number of furan rings is 1. The molecule has 0 N–H and O–H groups in total. The molecule has 0 spiro atoms. The zero-order valence-electron chi connectivity index (χ0n) is 30.2. The molecule has 218 valence electrons. The van der Waals surface area contributed by atoms with Gasteiger partial charge in [0.15, 0.2) is 0 Å². The summed E-state index contributed by atoms with van der Waals surface area (Å²) in [6.07, 6.45) is 0. The first kappa shape index (κ1) is 21.5. The second-order valence-corrected chi connectivity index (χ2v) is 12.0. The molecule has 0 atom stereocenters. The van der Waals surface area contributed by atoms with E-state index in [1.54, 1.807) is 0 Å². The Kier molecular flexibility index (Phi) is 4.66. The highest BCUT2D eigenvalue weighted by atomic mass is 16.3. The number of fused-ring (bicyclic) bond motifs is 8. The van der Waals surface area contributed by atoms with Crippen LogP contribution in [0.15, 0.2) is 174 Å². The van der Waals surface area contributed by atoms with Gasteiger partial charge in [-0.05, 0) is 94.7 Å². The standard InChI is InChI=1S/C46H28O/c1-2-13-29(14-3-1)31-27-41(46-40-21-10-11-24-42(40)47-43(46)28-31)45-38-19-8-6-17-36(38)44(37-18-7-9-20-39(37)45)35-23-12-22-33-32-16-5-4-15-30(32)25-26-34(33)35/h1-28H/i1D,2D,3D,13D,14D. The zero-order chi connectivity index (χ0) is 35.2. The predicted molar refractivity (Wildman–Crippen MR) is 200 cm³/mol. The van der Waals surface area contributed by atoms with Gasteiger partial charge in [-0.25, -0.2) is 0 Å². The van der Waals surface area contributed by atoms with Crippen molar-refractivity contribution >= 4 is 65.0 Å². The first-order valence-electron chi connectivity index (χ1n) is 18.3. The summed E-state index contributed by atoms with van der Waals surface area (Å²) in [5.41, 5.74) is 6.09. The topological polar surface area (TPSA) is 13.1 Å². The summed E-state index contributed by atoms with van der Waals surface area (Å²) in [6.45, 7) is 0. The van der Waals surface area contributed by atoms with E-state index in [4.69, 9.17) is 11.3 Å². The van der Waals surface area contributed by atoms with Crippen molar-refractivity contribution in [3.05, 3.63) is 170 Å². The molecule has 47 heavy (non-hydrogen) atoms. The molecule has 10 rings (SSSR count). The third-order valence-electron chi connectivity index (χ3n) is 9.52. The van der Waals surface area contributed by atoms with Crippen LogP contribution in [0.1, 0.15) is 6.85 Å². The summed E-state index contributed by atoms with van der Waals surface area (Å²) in [7, 11) is 0. The molecule has 0 aliphatic rings. The fourth-order valence-electron chi connectivity index (χ4n) is 7.56. The highest BCUT2D eigenvalue weighted by Gasteiger charge is 2.22. The minimum atomic E-state index is -0.419. The molecule has 0 unspecified atom stereocenters. The monoisotopic (exact) mass is 601 g/mol. The van der Waals surface area contributed by atoms with Crippen molar-refractivity contribution in [2.24, 2.45) is 0 Å². The molecule has 0 saturated heterocycles. The molecular weight excluding hydrogens is 569 g/mol. The molecule has 0 bridgehead atoms. The van der Waals surface area contributed by atoms with Gasteiger partial charge >= 0.3 is 0 Å². The van der Waals surface area contributed by atoms with Crippen LogP contribution in [-0.4, -0.2) is 0 Å². The molecule has 10 aromatic rings. The van der Waals surface area contributed by atoms with Crippen LogP contribution in [-0.2, 0) is 0 Å². The van der Waals surface area contributed by atoms with E-state index in [9.17, 15) is 0 Å². The maximum Gasteiger partial charge on any atom is 0.136 e. The Morgan fingerprint density at radius 2 is 0.979 bits per heavy atom. The number of para-hydroxylation sites is 1. The van der Waals surface area contributed by atoms with Gasteiger partial charge in [0.05, 0.1) is 6.85 Å². The lowest BCUT2D eigenvalue weighted by molar-refractivity contribution is 0.669. The Labute approximate surface area is 279 Å². The van der Waals surface area contributed by atoms with Gasteiger partial charge in [-0.1, -0.05) is 152 Å². The van der Waals surface area contributed by atoms with Gasteiger partial charge in [-0.15, -0.1) is 0 Å². The van der Waals surface area contributed by atoms with Gasteiger partial charge in [0, 0.05) is 10.8 Å². The summed E-state index contributed by atoms with van der Waals surface area (Å²) in [5, 5.41) is 10.9. The molecule has 0 aliphatic heterocycles. The van der Waals surface area contributed by atoms with Gasteiger partial charge in [0.2, 0.25) is 0 Å². The quantitative estimate of drug-likeness (QED) is 0.145. The third kappa shape index (κ3) is 3.90. The van der Waals surface area contributed by atoms with Crippen LogP contribution >= 0.6 is 0 Å². The van der Waals surface area contributed by atoms with Crippen LogP contribution in [0, 0.1) is 0 Å². The fourth-order valence-corrected chi connectivity index (χ4v) is 7.56. The molecule has 1 heterocycles. The Bertz CT molecular complexity index is 3050. The number of benzene rings is 9. The first-order valence-corrected chi connectivity index (χ1v) is 15.8. The van der Waals surface area contributed by atoms with Crippen molar-refractivity contribution in [3.8, 4) is 33.4 Å². The van der Waals surface area contributed by atoms with E-state index in [2.05, 4.69) is 103 Å². The fraction of sp³-hybridized carbons (Fsp3) is 0. The average molecular weight is 602 g/mol. The molecule has 0 amide bonds. The summed E-state index contributed by atoms with van der Waals surface area (Å²) in [5.74, 6) is 0. The molecule has 0 radical (unpaired) electrons. The van der Waals surface area contributed by atoms with Crippen LogP contribution in [0.5, 0.6) is 0 Å². The van der Waals surface area contributed by atoms with Crippen molar-refractivity contribution in [2.45, 2.75) is 0 Å². The van der Waals surface area contributed by atoms with Crippen LogP contribution in [0.2, 0.25) is 0 Å². The number of hydrogen-bond donors (Lipinski definition) is 0.